The van der Waals surface area contributed by atoms with Crippen LogP contribution in [0.2, 0.25) is 0 Å². The smallest absolute Gasteiger partial charge is 0.142 e. The van der Waals surface area contributed by atoms with Gasteiger partial charge in [0.15, 0.2) is 0 Å². The summed E-state index contributed by atoms with van der Waals surface area (Å²) in [6, 6.07) is 13.4. The first-order valence-electron chi connectivity index (χ1n) is 5.97. The van der Waals surface area contributed by atoms with Gasteiger partial charge in [0.1, 0.15) is 5.82 Å². The fourth-order valence-electron chi connectivity index (χ4n) is 2.06. The first-order chi connectivity index (χ1) is 9.11. The van der Waals surface area contributed by atoms with Gasteiger partial charge in [-0.2, -0.15) is 0 Å². The topological polar surface area (TPSA) is 12.0 Å². The van der Waals surface area contributed by atoms with Gasteiger partial charge >= 0.3 is 0 Å². The summed E-state index contributed by atoms with van der Waals surface area (Å²) in [4.78, 5) is 0. The normalized spacial score (nSPS) is 12.4. The van der Waals surface area contributed by atoms with E-state index in [9.17, 15) is 4.39 Å². The van der Waals surface area contributed by atoms with Crippen LogP contribution in [0.3, 0.4) is 0 Å². The molecule has 0 aliphatic heterocycles. The molecule has 1 nitrogen and oxygen atoms in total. The molecule has 4 heteroatoms. The van der Waals surface area contributed by atoms with E-state index in [4.69, 9.17) is 0 Å². The first kappa shape index (κ1) is 14.7. The monoisotopic (exact) mass is 385 g/mol. The van der Waals surface area contributed by atoms with Crippen LogP contribution >= 0.6 is 31.9 Å². The van der Waals surface area contributed by atoms with Crippen molar-refractivity contribution in [2.24, 2.45) is 0 Å². The average molecular weight is 387 g/mol. The Kier molecular flexibility index (Phi) is 5.13. The van der Waals surface area contributed by atoms with Crippen LogP contribution in [0.15, 0.2) is 51.4 Å². The zero-order valence-corrected chi connectivity index (χ0v) is 13.6. The Balaban J connectivity index is 2.28. The van der Waals surface area contributed by atoms with Crippen LogP contribution in [0.4, 0.5) is 4.39 Å². The largest absolute Gasteiger partial charge is 0.313 e. The molecule has 0 aliphatic rings. The van der Waals surface area contributed by atoms with Crippen molar-refractivity contribution >= 4 is 31.9 Å². The number of nitrogens with one attached hydrogen (secondary N) is 1. The number of halogens is 3. The van der Waals surface area contributed by atoms with Gasteiger partial charge in [-0.3, -0.25) is 0 Å². The number of hydrogen-bond donors (Lipinski definition) is 1. The maximum absolute atomic E-state index is 14.1. The van der Waals surface area contributed by atoms with E-state index in [1.807, 2.05) is 37.4 Å². The van der Waals surface area contributed by atoms with E-state index in [1.54, 1.807) is 6.07 Å². The summed E-state index contributed by atoms with van der Waals surface area (Å²) in [5, 5.41) is 3.18. The molecule has 0 amide bonds. The lowest BCUT2D eigenvalue weighted by atomic mass is 9.98. The highest BCUT2D eigenvalue weighted by molar-refractivity contribution is 9.10. The zero-order valence-electron chi connectivity index (χ0n) is 10.5. The third-order valence-electron chi connectivity index (χ3n) is 3.03. The van der Waals surface area contributed by atoms with Crippen molar-refractivity contribution < 1.29 is 4.39 Å². The first-order valence-corrected chi connectivity index (χ1v) is 7.56. The lowest BCUT2D eigenvalue weighted by Gasteiger charge is -2.18. The van der Waals surface area contributed by atoms with Gasteiger partial charge in [0.2, 0.25) is 0 Å². The van der Waals surface area contributed by atoms with Crippen LogP contribution in [0, 0.1) is 5.82 Å². The molecular weight excluding hydrogens is 373 g/mol. The standard InChI is InChI=1S/C15H14Br2FN/c1-19-14(9-10-4-2-5-11(16)8-10)12-6-3-7-13(17)15(12)18/h2-8,14,19H,9H2,1H3. The van der Waals surface area contributed by atoms with Crippen LogP contribution in [0.5, 0.6) is 0 Å². The highest BCUT2D eigenvalue weighted by Crippen LogP contribution is 2.26. The minimum absolute atomic E-state index is 0.0493. The van der Waals surface area contributed by atoms with Gasteiger partial charge < -0.3 is 5.32 Å². The molecule has 0 bridgehead atoms. The predicted octanol–water partition coefficient (Wildman–Crippen LogP) is 4.85. The number of hydrogen-bond acceptors (Lipinski definition) is 1. The van der Waals surface area contributed by atoms with Gasteiger partial charge in [-0.15, -0.1) is 0 Å². The molecule has 100 valence electrons. The number of likely N-dealkylation sites (N-methyl/N-ethyl adjacent to an activating group) is 1. The molecule has 0 radical (unpaired) electrons. The highest BCUT2D eigenvalue weighted by atomic mass is 79.9. The van der Waals surface area contributed by atoms with Crippen molar-refractivity contribution in [1.82, 2.24) is 5.32 Å². The van der Waals surface area contributed by atoms with Gasteiger partial charge in [-0.05, 0) is 53.2 Å². The van der Waals surface area contributed by atoms with Gasteiger partial charge in [-0.1, -0.05) is 40.2 Å². The van der Waals surface area contributed by atoms with Crippen molar-refractivity contribution in [1.29, 1.82) is 0 Å². The summed E-state index contributed by atoms with van der Waals surface area (Å²) in [5.41, 5.74) is 1.84. The average Bonchev–Trinajstić information content (AvgIpc) is 2.40. The molecule has 0 saturated heterocycles. The lowest BCUT2D eigenvalue weighted by molar-refractivity contribution is 0.530. The summed E-state index contributed by atoms with van der Waals surface area (Å²) in [7, 11) is 1.85. The second kappa shape index (κ2) is 6.64. The zero-order chi connectivity index (χ0) is 13.8. The Bertz CT molecular complexity index is 572. The molecule has 1 unspecified atom stereocenters. The Morgan fingerprint density at radius 3 is 2.58 bits per heavy atom. The van der Waals surface area contributed by atoms with Crippen LogP contribution < -0.4 is 5.32 Å². The maximum atomic E-state index is 14.1. The Labute approximate surface area is 129 Å². The van der Waals surface area contributed by atoms with Crippen LogP contribution in [-0.2, 0) is 6.42 Å². The fourth-order valence-corrected chi connectivity index (χ4v) is 2.88. The van der Waals surface area contributed by atoms with Gasteiger partial charge in [0.25, 0.3) is 0 Å². The van der Waals surface area contributed by atoms with Gasteiger partial charge in [0, 0.05) is 16.1 Å². The SMILES string of the molecule is CNC(Cc1cccc(Br)c1)c1cccc(Br)c1F. The molecular formula is C15H14Br2FN. The molecule has 2 aromatic carbocycles. The number of rotatable bonds is 4. The molecule has 1 atom stereocenters. The van der Waals surface area contributed by atoms with Crippen LogP contribution in [0.1, 0.15) is 17.2 Å². The molecule has 0 saturated carbocycles. The molecule has 0 fully saturated rings. The van der Waals surface area contributed by atoms with E-state index in [1.165, 1.54) is 0 Å². The van der Waals surface area contributed by atoms with E-state index in [0.29, 0.717) is 10.0 Å². The van der Waals surface area contributed by atoms with Crippen molar-refractivity contribution in [3.05, 3.63) is 68.4 Å². The van der Waals surface area contributed by atoms with Crippen molar-refractivity contribution in [2.45, 2.75) is 12.5 Å². The molecule has 0 aliphatic carbocycles. The van der Waals surface area contributed by atoms with Gasteiger partial charge in [0.05, 0.1) is 4.47 Å². The molecule has 0 heterocycles. The lowest BCUT2D eigenvalue weighted by Crippen LogP contribution is -2.20. The summed E-state index contributed by atoms with van der Waals surface area (Å²) in [6.45, 7) is 0. The van der Waals surface area contributed by atoms with E-state index in [2.05, 4.69) is 43.2 Å². The third-order valence-corrected chi connectivity index (χ3v) is 4.14. The van der Waals surface area contributed by atoms with E-state index in [-0.39, 0.29) is 11.9 Å². The number of benzene rings is 2. The Morgan fingerprint density at radius 2 is 1.89 bits per heavy atom. The van der Waals surface area contributed by atoms with Crippen molar-refractivity contribution in [3.8, 4) is 0 Å². The molecule has 0 aromatic heterocycles. The molecule has 1 N–H and O–H groups in total. The predicted molar refractivity (Wildman–Crippen MR) is 83.7 cm³/mol. The quantitative estimate of drug-likeness (QED) is 0.791. The highest BCUT2D eigenvalue weighted by Gasteiger charge is 2.16. The second-order valence-corrected chi connectivity index (χ2v) is 6.09. The molecule has 19 heavy (non-hydrogen) atoms. The summed E-state index contributed by atoms with van der Waals surface area (Å²) >= 11 is 6.68. The minimum Gasteiger partial charge on any atom is -0.313 e. The van der Waals surface area contributed by atoms with Gasteiger partial charge in [-0.25, -0.2) is 4.39 Å². The summed E-state index contributed by atoms with van der Waals surface area (Å²) in [6.07, 6.45) is 0.739. The maximum Gasteiger partial charge on any atom is 0.142 e. The Morgan fingerprint density at radius 1 is 1.16 bits per heavy atom. The molecule has 2 aromatic rings. The summed E-state index contributed by atoms with van der Waals surface area (Å²) in [5.74, 6) is -0.197. The van der Waals surface area contributed by atoms with Crippen molar-refractivity contribution in [2.75, 3.05) is 7.05 Å². The Hall–Kier alpha value is -0.710. The molecule has 0 spiro atoms. The van der Waals surface area contributed by atoms with Crippen molar-refractivity contribution in [3.63, 3.8) is 0 Å². The van der Waals surface area contributed by atoms with E-state index in [0.717, 1.165) is 16.5 Å². The minimum atomic E-state index is -0.197. The van der Waals surface area contributed by atoms with Crippen LogP contribution in [0.25, 0.3) is 0 Å². The third kappa shape index (κ3) is 3.65. The fraction of sp³-hybridized carbons (Fsp3) is 0.200. The van der Waals surface area contributed by atoms with E-state index < -0.39 is 0 Å². The van der Waals surface area contributed by atoms with Crippen LogP contribution in [-0.4, -0.2) is 7.05 Å². The summed E-state index contributed by atoms with van der Waals surface area (Å²) < 4.78 is 15.7. The second-order valence-electron chi connectivity index (χ2n) is 4.32. The molecule has 2 rings (SSSR count). The van der Waals surface area contributed by atoms with E-state index >= 15 is 0 Å².